The SMILES string of the molecule is CN=C(NCc1cn2ccccc2n1)N1CCN(C(C)C(=O)N2CCCC2)CC1.I. The molecule has 2 aliphatic heterocycles. The smallest absolute Gasteiger partial charge is 0.239 e. The number of aliphatic imine (C=N–C) groups is 1. The van der Waals surface area contributed by atoms with Crippen LogP contribution in [0, 0.1) is 0 Å². The van der Waals surface area contributed by atoms with Crippen LogP contribution in [0.15, 0.2) is 35.6 Å². The number of halogens is 1. The number of pyridine rings is 1. The Labute approximate surface area is 195 Å². The molecule has 2 saturated heterocycles. The van der Waals surface area contributed by atoms with E-state index >= 15 is 0 Å². The first-order valence-corrected chi connectivity index (χ1v) is 10.6. The van der Waals surface area contributed by atoms with Crippen molar-refractivity contribution in [3.8, 4) is 0 Å². The second kappa shape index (κ2) is 10.4. The van der Waals surface area contributed by atoms with Crippen LogP contribution in [0.2, 0.25) is 0 Å². The molecule has 9 heteroatoms. The number of hydrogen-bond donors (Lipinski definition) is 1. The van der Waals surface area contributed by atoms with Crippen molar-refractivity contribution in [3.63, 3.8) is 0 Å². The first kappa shape index (κ1) is 22.8. The summed E-state index contributed by atoms with van der Waals surface area (Å²) in [5.74, 6) is 1.17. The quantitative estimate of drug-likeness (QED) is 0.374. The fourth-order valence-corrected chi connectivity index (χ4v) is 4.25. The average Bonchev–Trinajstić information content (AvgIpc) is 3.43. The van der Waals surface area contributed by atoms with Crippen LogP contribution in [-0.4, -0.2) is 88.3 Å². The molecule has 2 aromatic rings. The van der Waals surface area contributed by atoms with E-state index in [0.29, 0.717) is 6.54 Å². The zero-order valence-electron chi connectivity index (χ0n) is 17.8. The number of likely N-dealkylation sites (tertiary alicyclic amines) is 1. The number of carbonyl (C=O) groups is 1. The van der Waals surface area contributed by atoms with Crippen molar-refractivity contribution >= 4 is 41.5 Å². The predicted molar refractivity (Wildman–Crippen MR) is 129 cm³/mol. The highest BCUT2D eigenvalue weighted by Gasteiger charge is 2.30. The highest BCUT2D eigenvalue weighted by molar-refractivity contribution is 14.0. The largest absolute Gasteiger partial charge is 0.351 e. The number of imidazole rings is 1. The number of fused-ring (bicyclic) bond motifs is 1. The lowest BCUT2D eigenvalue weighted by Crippen LogP contribution is -2.57. The number of nitrogens with one attached hydrogen (secondary N) is 1. The average molecular weight is 525 g/mol. The van der Waals surface area contributed by atoms with Crippen LogP contribution in [0.25, 0.3) is 5.65 Å². The van der Waals surface area contributed by atoms with Crippen molar-refractivity contribution < 1.29 is 4.79 Å². The molecule has 4 heterocycles. The third-order valence-electron chi connectivity index (χ3n) is 5.99. The summed E-state index contributed by atoms with van der Waals surface area (Å²) in [6.07, 6.45) is 6.32. The highest BCUT2D eigenvalue weighted by Crippen LogP contribution is 2.14. The standard InChI is InChI=1S/C21H31N7O.HI/c1-17(20(29)26-8-5-6-9-26)25-11-13-27(14-12-25)21(22-2)23-15-18-16-28-10-4-3-7-19(28)24-18;/h3-4,7,10,16-17H,5-6,8-9,11-15H2,1-2H3,(H,22,23);1H. The van der Waals surface area contributed by atoms with Gasteiger partial charge in [-0.3, -0.25) is 14.7 Å². The predicted octanol–water partition coefficient (Wildman–Crippen LogP) is 1.66. The summed E-state index contributed by atoms with van der Waals surface area (Å²) in [4.78, 5) is 28.3. The Morgan fingerprint density at radius 1 is 1.13 bits per heavy atom. The van der Waals surface area contributed by atoms with Crippen LogP contribution in [0.5, 0.6) is 0 Å². The number of carbonyl (C=O) groups excluding carboxylic acids is 1. The lowest BCUT2D eigenvalue weighted by Gasteiger charge is -2.39. The van der Waals surface area contributed by atoms with Crippen molar-refractivity contribution in [3.05, 3.63) is 36.3 Å². The molecule has 0 bridgehead atoms. The molecule has 164 valence electrons. The molecule has 2 aromatic heterocycles. The van der Waals surface area contributed by atoms with E-state index < -0.39 is 0 Å². The minimum Gasteiger partial charge on any atom is -0.351 e. The van der Waals surface area contributed by atoms with E-state index in [1.807, 2.05) is 53.9 Å². The topological polar surface area (TPSA) is 68.5 Å². The van der Waals surface area contributed by atoms with Gasteiger partial charge in [-0.15, -0.1) is 24.0 Å². The fourth-order valence-electron chi connectivity index (χ4n) is 4.25. The molecule has 8 nitrogen and oxygen atoms in total. The van der Waals surface area contributed by atoms with Crippen molar-refractivity contribution in [1.29, 1.82) is 0 Å². The summed E-state index contributed by atoms with van der Waals surface area (Å²) < 4.78 is 2.03. The van der Waals surface area contributed by atoms with Crippen molar-refractivity contribution in [2.75, 3.05) is 46.3 Å². The van der Waals surface area contributed by atoms with E-state index in [9.17, 15) is 4.79 Å². The summed E-state index contributed by atoms with van der Waals surface area (Å²) in [5.41, 5.74) is 1.94. The number of guanidine groups is 1. The lowest BCUT2D eigenvalue weighted by molar-refractivity contribution is -0.135. The second-order valence-electron chi connectivity index (χ2n) is 7.83. The first-order chi connectivity index (χ1) is 14.2. The van der Waals surface area contributed by atoms with Gasteiger partial charge < -0.3 is 19.5 Å². The molecule has 1 unspecified atom stereocenters. The Kier molecular flexibility index (Phi) is 7.93. The van der Waals surface area contributed by atoms with Crippen LogP contribution < -0.4 is 5.32 Å². The van der Waals surface area contributed by atoms with Crippen LogP contribution >= 0.6 is 24.0 Å². The van der Waals surface area contributed by atoms with Gasteiger partial charge in [0.2, 0.25) is 5.91 Å². The third-order valence-corrected chi connectivity index (χ3v) is 5.99. The Balaban J connectivity index is 0.00000256. The number of hydrogen-bond acceptors (Lipinski definition) is 4. The van der Waals surface area contributed by atoms with Gasteiger partial charge in [0.25, 0.3) is 0 Å². The molecule has 0 aromatic carbocycles. The van der Waals surface area contributed by atoms with E-state index in [1.165, 1.54) is 0 Å². The van der Waals surface area contributed by atoms with Gasteiger partial charge in [-0.1, -0.05) is 6.07 Å². The fraction of sp³-hybridized carbons (Fsp3) is 0.571. The molecule has 30 heavy (non-hydrogen) atoms. The lowest BCUT2D eigenvalue weighted by atomic mass is 10.2. The number of amides is 1. The Morgan fingerprint density at radius 2 is 1.87 bits per heavy atom. The molecule has 2 aliphatic rings. The van der Waals surface area contributed by atoms with Gasteiger partial charge in [0.05, 0.1) is 18.3 Å². The molecule has 4 rings (SSSR count). The Morgan fingerprint density at radius 3 is 2.53 bits per heavy atom. The molecule has 1 amide bonds. The van der Waals surface area contributed by atoms with E-state index in [4.69, 9.17) is 0 Å². The van der Waals surface area contributed by atoms with Crippen LogP contribution in [0.4, 0.5) is 0 Å². The molecule has 0 radical (unpaired) electrons. The van der Waals surface area contributed by atoms with Crippen LogP contribution in [-0.2, 0) is 11.3 Å². The second-order valence-corrected chi connectivity index (χ2v) is 7.83. The zero-order chi connectivity index (χ0) is 20.2. The van der Waals surface area contributed by atoms with E-state index in [0.717, 1.165) is 69.4 Å². The summed E-state index contributed by atoms with van der Waals surface area (Å²) in [6.45, 7) is 7.99. The van der Waals surface area contributed by atoms with Gasteiger partial charge in [-0.2, -0.15) is 0 Å². The van der Waals surface area contributed by atoms with Crippen molar-refractivity contribution in [2.24, 2.45) is 4.99 Å². The monoisotopic (exact) mass is 525 g/mol. The van der Waals surface area contributed by atoms with Gasteiger partial charge in [-0.25, -0.2) is 4.98 Å². The van der Waals surface area contributed by atoms with Gasteiger partial charge in [-0.05, 0) is 31.9 Å². The number of aromatic nitrogens is 2. The minimum absolute atomic E-state index is 0. The maximum Gasteiger partial charge on any atom is 0.239 e. The van der Waals surface area contributed by atoms with Crippen LogP contribution in [0.3, 0.4) is 0 Å². The Bertz CT molecular complexity index is 836. The summed E-state index contributed by atoms with van der Waals surface area (Å²) in [5, 5.41) is 3.43. The number of rotatable bonds is 4. The molecule has 0 aliphatic carbocycles. The molecule has 1 N–H and O–H groups in total. The molecule has 0 saturated carbocycles. The molecular weight excluding hydrogens is 493 g/mol. The Hall–Kier alpha value is -1.88. The van der Waals surface area contributed by atoms with Crippen LogP contribution in [0.1, 0.15) is 25.5 Å². The summed E-state index contributed by atoms with van der Waals surface area (Å²) >= 11 is 0. The van der Waals surface area contributed by atoms with Gasteiger partial charge in [0, 0.05) is 58.7 Å². The van der Waals surface area contributed by atoms with E-state index in [2.05, 4.69) is 25.1 Å². The zero-order valence-corrected chi connectivity index (χ0v) is 20.2. The number of piperazine rings is 1. The molecule has 0 spiro atoms. The van der Waals surface area contributed by atoms with Crippen molar-refractivity contribution in [2.45, 2.75) is 32.4 Å². The maximum absolute atomic E-state index is 12.7. The summed E-state index contributed by atoms with van der Waals surface area (Å²) in [6, 6.07) is 5.96. The number of nitrogens with zero attached hydrogens (tertiary/aromatic N) is 6. The minimum atomic E-state index is -0.0387. The van der Waals surface area contributed by atoms with Crippen molar-refractivity contribution in [1.82, 2.24) is 29.4 Å². The first-order valence-electron chi connectivity index (χ1n) is 10.6. The normalized spacial score (nSPS) is 19.1. The van der Waals surface area contributed by atoms with E-state index in [1.54, 1.807) is 0 Å². The summed E-state index contributed by atoms with van der Waals surface area (Å²) in [7, 11) is 1.82. The van der Waals surface area contributed by atoms with E-state index in [-0.39, 0.29) is 35.9 Å². The van der Waals surface area contributed by atoms with Gasteiger partial charge in [0.1, 0.15) is 5.65 Å². The third kappa shape index (κ3) is 5.05. The maximum atomic E-state index is 12.7. The van der Waals surface area contributed by atoms with Gasteiger partial charge in [0.15, 0.2) is 5.96 Å². The molecular formula is C21H32IN7O. The molecule has 2 fully saturated rings. The van der Waals surface area contributed by atoms with Gasteiger partial charge >= 0.3 is 0 Å². The highest BCUT2D eigenvalue weighted by atomic mass is 127. The molecule has 1 atom stereocenters.